The molecule has 2 saturated carbocycles. The molecule has 7 unspecified atom stereocenters. The number of hydrogen-bond acceptors (Lipinski definition) is 1. The molecule has 4 fully saturated rings. The Morgan fingerprint density at radius 3 is 2.58 bits per heavy atom. The van der Waals surface area contributed by atoms with Gasteiger partial charge < -0.3 is 0 Å². The summed E-state index contributed by atoms with van der Waals surface area (Å²) in [7, 11) is 0. The molecule has 0 aromatic carbocycles. The van der Waals surface area contributed by atoms with Crippen LogP contribution in [-0.2, 0) is 4.79 Å². The minimum absolute atomic E-state index is 0.407. The van der Waals surface area contributed by atoms with Crippen LogP contribution in [0.5, 0.6) is 0 Å². The van der Waals surface area contributed by atoms with Gasteiger partial charge in [0, 0.05) is 0 Å². The summed E-state index contributed by atoms with van der Waals surface area (Å²) in [4.78, 5) is 11.5. The van der Waals surface area contributed by atoms with Crippen molar-refractivity contribution >= 4 is 26.1 Å². The van der Waals surface area contributed by atoms with Gasteiger partial charge in [0.05, 0.1) is 0 Å². The molecule has 0 aromatic rings. The first-order valence-electron chi connectivity index (χ1n) is 10.8. The van der Waals surface area contributed by atoms with E-state index in [1.165, 1.54) is 48.7 Å². The van der Waals surface area contributed by atoms with Crippen LogP contribution < -0.4 is 0 Å². The molecule has 4 aliphatic rings. The molecule has 2 saturated heterocycles. The average Bonchev–Trinajstić information content (AvgIpc) is 2.99. The Hall–Kier alpha value is 0.400. The number of fused-ring (bicyclic) bond motifs is 5. The second-order valence-electron chi connectivity index (χ2n) is 8.77. The second kappa shape index (κ2) is 7.96. The van der Waals surface area contributed by atoms with Crippen molar-refractivity contribution < 1.29 is 4.79 Å². The molecule has 4 rings (SSSR count). The maximum absolute atomic E-state index is 11.5. The number of hydrogen-bond donors (Lipinski definition) is 0. The Balaban J connectivity index is 0.000000815. The van der Waals surface area contributed by atoms with Crippen LogP contribution in [0.15, 0.2) is 0 Å². The van der Waals surface area contributed by atoms with Crippen molar-refractivity contribution in [1.29, 1.82) is 0 Å². The van der Waals surface area contributed by atoms with Crippen LogP contribution in [0.25, 0.3) is 0 Å². The first-order chi connectivity index (χ1) is 11.7. The van der Waals surface area contributed by atoms with E-state index in [4.69, 9.17) is 0 Å². The fourth-order valence-electron chi connectivity index (χ4n) is 6.55. The fraction of sp³-hybridized carbons (Fsp3) is 0.955. The van der Waals surface area contributed by atoms with Gasteiger partial charge >= 0.3 is 144 Å². The van der Waals surface area contributed by atoms with Crippen molar-refractivity contribution in [3.05, 3.63) is 0 Å². The van der Waals surface area contributed by atoms with Crippen molar-refractivity contribution in [2.24, 2.45) is 29.1 Å². The predicted octanol–water partition coefficient (Wildman–Crippen LogP) is 6.51. The number of carbonyl (C=O) groups is 1. The van der Waals surface area contributed by atoms with E-state index >= 15 is 0 Å². The Morgan fingerprint density at radius 2 is 1.88 bits per heavy atom. The zero-order valence-corrected chi connectivity index (χ0v) is 18.6. The zero-order valence-electron chi connectivity index (χ0n) is 16.4. The molecule has 0 amide bonds. The third-order valence-corrected chi connectivity index (χ3v) is 17.5. The van der Waals surface area contributed by atoms with Gasteiger partial charge in [0.2, 0.25) is 0 Å². The van der Waals surface area contributed by atoms with Gasteiger partial charge in [0.1, 0.15) is 0 Å². The maximum atomic E-state index is 11.5. The van der Waals surface area contributed by atoms with E-state index in [1.54, 1.807) is 23.7 Å². The SMILES string of the molecule is CC.CCC1CCC2C(CCI3C2CCC2(C)C(C=O)CCC32)C1. The van der Waals surface area contributed by atoms with Crippen LogP contribution in [0.1, 0.15) is 85.5 Å². The third-order valence-electron chi connectivity index (χ3n) is 8.01. The van der Waals surface area contributed by atoms with E-state index in [-0.39, 0.29) is 0 Å². The third kappa shape index (κ3) is 3.11. The second-order valence-corrected chi connectivity index (χ2v) is 15.4. The van der Waals surface area contributed by atoms with E-state index in [0.717, 1.165) is 21.7 Å². The molecule has 24 heavy (non-hydrogen) atoms. The Bertz CT molecular complexity index is 436. The first kappa shape index (κ1) is 19.2. The molecule has 2 aliphatic carbocycles. The van der Waals surface area contributed by atoms with Gasteiger partial charge in [-0.3, -0.25) is 0 Å². The van der Waals surface area contributed by atoms with Crippen LogP contribution in [-0.4, -0.2) is 18.6 Å². The molecular formula is C22H39IO. The summed E-state index contributed by atoms with van der Waals surface area (Å²) >= 11 is -0.851. The van der Waals surface area contributed by atoms with Crippen molar-refractivity contribution in [3.63, 3.8) is 0 Å². The number of alkyl halides is 3. The monoisotopic (exact) mass is 446 g/mol. The number of aldehydes is 1. The molecule has 0 radical (unpaired) electrons. The molecule has 0 N–H and O–H groups in total. The molecule has 140 valence electrons. The topological polar surface area (TPSA) is 17.1 Å². The van der Waals surface area contributed by atoms with Crippen molar-refractivity contribution in [3.8, 4) is 0 Å². The summed E-state index contributed by atoms with van der Waals surface area (Å²) in [6, 6.07) is 0. The summed E-state index contributed by atoms with van der Waals surface area (Å²) in [5.41, 5.74) is 0.427. The van der Waals surface area contributed by atoms with E-state index in [1.807, 2.05) is 13.8 Å². The Labute approximate surface area is 157 Å². The molecule has 1 nitrogen and oxygen atoms in total. The Morgan fingerprint density at radius 1 is 1.08 bits per heavy atom. The fourth-order valence-corrected chi connectivity index (χ4v) is 17.7. The van der Waals surface area contributed by atoms with E-state index in [9.17, 15) is 4.79 Å². The summed E-state index contributed by atoms with van der Waals surface area (Å²) in [5, 5.41) is 0. The zero-order chi connectivity index (χ0) is 17.3. The Kier molecular flexibility index (Phi) is 6.36. The van der Waals surface area contributed by atoms with Gasteiger partial charge in [-0.25, -0.2) is 0 Å². The van der Waals surface area contributed by atoms with Gasteiger partial charge in [-0.1, -0.05) is 13.8 Å². The van der Waals surface area contributed by atoms with Crippen LogP contribution >= 0.6 is 19.8 Å². The molecule has 2 aliphatic heterocycles. The van der Waals surface area contributed by atoms with E-state index in [2.05, 4.69) is 13.8 Å². The summed E-state index contributed by atoms with van der Waals surface area (Å²) < 4.78 is 3.83. The summed E-state index contributed by atoms with van der Waals surface area (Å²) in [6.45, 7) is 8.90. The predicted molar refractivity (Wildman–Crippen MR) is 113 cm³/mol. The van der Waals surface area contributed by atoms with Crippen molar-refractivity contribution in [2.75, 3.05) is 4.43 Å². The first-order valence-corrected chi connectivity index (χ1v) is 14.8. The molecular weight excluding hydrogens is 407 g/mol. The molecule has 2 heteroatoms. The summed E-state index contributed by atoms with van der Waals surface area (Å²) in [5.74, 6) is 3.65. The van der Waals surface area contributed by atoms with Gasteiger partial charge in [-0.15, -0.1) is 0 Å². The van der Waals surface area contributed by atoms with Crippen LogP contribution in [0.3, 0.4) is 0 Å². The van der Waals surface area contributed by atoms with Crippen LogP contribution in [0.2, 0.25) is 0 Å². The number of rotatable bonds is 2. The van der Waals surface area contributed by atoms with Crippen LogP contribution in [0, 0.1) is 29.1 Å². The van der Waals surface area contributed by atoms with Gasteiger partial charge in [0.25, 0.3) is 0 Å². The van der Waals surface area contributed by atoms with Gasteiger partial charge in [0.15, 0.2) is 0 Å². The van der Waals surface area contributed by atoms with E-state index < -0.39 is 19.8 Å². The standard InChI is InChI=1S/C20H33IO.C2H6/c1-3-14-4-6-17-15(12-14)9-11-21-18(17)8-10-20(2)16(13-22)5-7-19(20)21;1-2/h13-19H,3-12H2,1-2H3;1-2H3. The molecule has 7 atom stereocenters. The van der Waals surface area contributed by atoms with Crippen molar-refractivity contribution in [2.45, 2.75) is 93.3 Å². The quantitative estimate of drug-likeness (QED) is 0.268. The van der Waals surface area contributed by atoms with Crippen LogP contribution in [0.4, 0.5) is 0 Å². The number of carbonyl (C=O) groups excluding carboxylic acids is 1. The molecule has 0 aromatic heterocycles. The molecule has 2 heterocycles. The summed E-state index contributed by atoms with van der Waals surface area (Å²) in [6.07, 6.45) is 14.5. The molecule has 0 bridgehead atoms. The minimum atomic E-state index is -0.851. The average molecular weight is 446 g/mol. The number of halogens is 1. The van der Waals surface area contributed by atoms with E-state index in [0.29, 0.717) is 11.3 Å². The van der Waals surface area contributed by atoms with Gasteiger partial charge in [-0.05, 0) is 0 Å². The van der Waals surface area contributed by atoms with Crippen molar-refractivity contribution in [1.82, 2.24) is 0 Å². The normalized spacial score (nSPS) is 48.4. The molecule has 0 spiro atoms. The van der Waals surface area contributed by atoms with Gasteiger partial charge in [-0.2, -0.15) is 0 Å².